The summed E-state index contributed by atoms with van der Waals surface area (Å²) in [6.45, 7) is 4.02. The number of sulfonamides is 1. The number of benzene rings is 1. The lowest BCUT2D eigenvalue weighted by Crippen LogP contribution is -2.39. The molecule has 0 spiro atoms. The molecule has 3 heterocycles. The standard InChI is InChI=1S/C27H31ClN4O2S/c1-19-17-31(18-30-19)12-4-5-21-15-22-16-23(28)7-8-24(22)26(27-25(21)6-3-11-29-27)20-9-13-32(14-10-20)35(2,33)34/h3,6-8,11,15-18,20,26H,4-5,9-10,12-14H2,1-2H3/t26-/m1/s1. The third-order valence-corrected chi connectivity index (χ3v) is 8.79. The van der Waals surface area contributed by atoms with Gasteiger partial charge in [-0.05, 0) is 79.0 Å². The number of nitrogens with zero attached hydrogens (tertiary/aromatic N) is 4. The lowest BCUT2D eigenvalue weighted by Gasteiger charge is -2.35. The molecule has 5 rings (SSSR count). The fourth-order valence-electron chi connectivity index (χ4n) is 5.57. The van der Waals surface area contributed by atoms with Gasteiger partial charge in [-0.25, -0.2) is 17.7 Å². The molecule has 184 valence electrons. The fraction of sp³-hybridized carbons (Fsp3) is 0.407. The Morgan fingerprint density at radius 2 is 1.94 bits per heavy atom. The normalized spacial score (nSPS) is 19.1. The van der Waals surface area contributed by atoms with Crippen molar-refractivity contribution in [1.29, 1.82) is 0 Å². The van der Waals surface area contributed by atoms with Crippen LogP contribution in [0.3, 0.4) is 0 Å². The van der Waals surface area contributed by atoms with Crippen molar-refractivity contribution in [2.75, 3.05) is 19.3 Å². The highest BCUT2D eigenvalue weighted by Gasteiger charge is 2.35. The third kappa shape index (κ3) is 5.22. The van der Waals surface area contributed by atoms with Crippen molar-refractivity contribution in [3.05, 3.63) is 82.2 Å². The Balaban J connectivity index is 1.49. The predicted octanol–water partition coefficient (Wildman–Crippen LogP) is 5.38. The van der Waals surface area contributed by atoms with E-state index in [9.17, 15) is 8.42 Å². The molecule has 1 saturated heterocycles. The Hall–Kier alpha value is -2.48. The van der Waals surface area contributed by atoms with Crippen molar-refractivity contribution in [1.82, 2.24) is 18.8 Å². The smallest absolute Gasteiger partial charge is 0.211 e. The molecule has 0 unspecified atom stereocenters. The highest BCUT2D eigenvalue weighted by atomic mass is 35.5. The van der Waals surface area contributed by atoms with Gasteiger partial charge in [-0.15, -0.1) is 0 Å². The zero-order valence-corrected chi connectivity index (χ0v) is 21.8. The SMILES string of the molecule is Cc1cn(CCCC2=Cc3cc(Cl)ccc3[C@@H](C3CCN(S(C)(=O)=O)CC3)c3ncccc32)cn1. The summed E-state index contributed by atoms with van der Waals surface area (Å²) in [6.07, 6.45) is 13.0. The molecular formula is C27H31ClN4O2S. The molecule has 1 aliphatic heterocycles. The maximum Gasteiger partial charge on any atom is 0.211 e. The summed E-state index contributed by atoms with van der Waals surface area (Å²) in [7, 11) is -3.17. The first-order valence-electron chi connectivity index (χ1n) is 12.2. The number of piperidine rings is 1. The van der Waals surface area contributed by atoms with Gasteiger partial charge in [0, 0.05) is 43.0 Å². The number of imidazole rings is 1. The largest absolute Gasteiger partial charge is 0.337 e. The van der Waals surface area contributed by atoms with Gasteiger partial charge < -0.3 is 4.57 Å². The second kappa shape index (κ2) is 9.88. The Kier molecular flexibility index (Phi) is 6.84. The van der Waals surface area contributed by atoms with Gasteiger partial charge in [-0.3, -0.25) is 4.98 Å². The van der Waals surface area contributed by atoms with Crippen LogP contribution >= 0.6 is 11.6 Å². The van der Waals surface area contributed by atoms with Crippen molar-refractivity contribution in [2.45, 2.75) is 45.1 Å². The predicted molar refractivity (Wildman–Crippen MR) is 141 cm³/mol. The van der Waals surface area contributed by atoms with Crippen LogP contribution in [0.5, 0.6) is 0 Å². The molecule has 1 fully saturated rings. The Morgan fingerprint density at radius 3 is 2.66 bits per heavy atom. The molecule has 35 heavy (non-hydrogen) atoms. The number of hydrogen-bond donors (Lipinski definition) is 0. The maximum absolute atomic E-state index is 12.1. The van der Waals surface area contributed by atoms with Crippen molar-refractivity contribution < 1.29 is 8.42 Å². The molecule has 2 aromatic heterocycles. The fourth-order valence-corrected chi connectivity index (χ4v) is 6.63. The highest BCUT2D eigenvalue weighted by Crippen LogP contribution is 2.45. The van der Waals surface area contributed by atoms with Gasteiger partial charge in [-0.1, -0.05) is 29.8 Å². The van der Waals surface area contributed by atoms with E-state index in [0.717, 1.165) is 54.2 Å². The lowest BCUT2D eigenvalue weighted by atomic mass is 9.76. The van der Waals surface area contributed by atoms with E-state index in [0.29, 0.717) is 19.0 Å². The average Bonchev–Trinajstić information content (AvgIpc) is 3.19. The average molecular weight is 511 g/mol. The minimum absolute atomic E-state index is 0.102. The number of fused-ring (bicyclic) bond motifs is 2. The first-order chi connectivity index (χ1) is 16.8. The van der Waals surface area contributed by atoms with Crippen LogP contribution in [-0.4, -0.2) is 46.6 Å². The topological polar surface area (TPSA) is 68.1 Å². The van der Waals surface area contributed by atoms with Crippen LogP contribution < -0.4 is 0 Å². The van der Waals surface area contributed by atoms with Gasteiger partial charge in [0.05, 0.1) is 24.0 Å². The summed E-state index contributed by atoms with van der Waals surface area (Å²) in [5.74, 6) is 0.411. The van der Waals surface area contributed by atoms with Gasteiger partial charge in [0.1, 0.15) is 0 Å². The van der Waals surface area contributed by atoms with Gasteiger partial charge in [-0.2, -0.15) is 0 Å². The number of allylic oxidation sites excluding steroid dienone is 1. The molecule has 0 saturated carbocycles. The summed E-state index contributed by atoms with van der Waals surface area (Å²) >= 11 is 6.45. The van der Waals surface area contributed by atoms with Crippen LogP contribution in [0.15, 0.2) is 49.1 Å². The summed E-state index contributed by atoms with van der Waals surface area (Å²) < 4.78 is 27.9. The van der Waals surface area contributed by atoms with Gasteiger partial charge >= 0.3 is 0 Å². The van der Waals surface area contributed by atoms with E-state index < -0.39 is 10.0 Å². The Morgan fingerprint density at radius 1 is 1.14 bits per heavy atom. The Bertz CT molecular complexity index is 1360. The number of halogens is 1. The maximum atomic E-state index is 12.1. The molecular weight excluding hydrogens is 480 g/mol. The molecule has 0 radical (unpaired) electrons. The summed E-state index contributed by atoms with van der Waals surface area (Å²) in [5.41, 5.74) is 6.95. The van der Waals surface area contributed by atoms with E-state index in [1.165, 1.54) is 23.0 Å². The highest BCUT2D eigenvalue weighted by molar-refractivity contribution is 7.88. The minimum atomic E-state index is -3.17. The van der Waals surface area contributed by atoms with E-state index in [1.807, 2.05) is 31.6 Å². The second-order valence-corrected chi connectivity index (χ2v) is 12.1. The van der Waals surface area contributed by atoms with Crippen LogP contribution in [0.2, 0.25) is 5.02 Å². The van der Waals surface area contributed by atoms with E-state index in [2.05, 4.69) is 40.0 Å². The molecule has 1 atom stereocenters. The first-order valence-corrected chi connectivity index (χ1v) is 14.4. The number of pyridine rings is 1. The monoisotopic (exact) mass is 510 g/mol. The summed E-state index contributed by atoms with van der Waals surface area (Å²) in [5, 5.41) is 0.720. The molecule has 1 aliphatic carbocycles. The molecule has 3 aromatic rings. The zero-order chi connectivity index (χ0) is 24.6. The van der Waals surface area contributed by atoms with Crippen molar-refractivity contribution in [2.24, 2.45) is 5.92 Å². The van der Waals surface area contributed by atoms with Crippen LogP contribution in [0, 0.1) is 12.8 Å². The van der Waals surface area contributed by atoms with Crippen LogP contribution in [0.25, 0.3) is 11.6 Å². The van der Waals surface area contributed by atoms with E-state index in [1.54, 1.807) is 4.31 Å². The van der Waals surface area contributed by atoms with Crippen LogP contribution in [0.1, 0.15) is 59.7 Å². The third-order valence-electron chi connectivity index (χ3n) is 7.26. The zero-order valence-electron chi connectivity index (χ0n) is 20.2. The number of rotatable bonds is 6. The number of hydrogen-bond acceptors (Lipinski definition) is 4. The lowest BCUT2D eigenvalue weighted by molar-refractivity contribution is 0.256. The summed E-state index contributed by atoms with van der Waals surface area (Å²) in [4.78, 5) is 9.26. The van der Waals surface area contributed by atoms with E-state index >= 15 is 0 Å². The molecule has 0 bridgehead atoms. The molecule has 0 N–H and O–H groups in total. The van der Waals surface area contributed by atoms with E-state index in [-0.39, 0.29) is 5.92 Å². The van der Waals surface area contributed by atoms with Gasteiger partial charge in [0.25, 0.3) is 0 Å². The molecule has 6 nitrogen and oxygen atoms in total. The van der Waals surface area contributed by atoms with E-state index in [4.69, 9.17) is 16.6 Å². The summed E-state index contributed by atoms with van der Waals surface area (Å²) in [6, 6.07) is 10.3. The van der Waals surface area contributed by atoms with Crippen molar-refractivity contribution >= 4 is 33.3 Å². The van der Waals surface area contributed by atoms with Crippen LogP contribution in [-0.2, 0) is 16.6 Å². The molecule has 2 aliphatic rings. The molecule has 8 heteroatoms. The Labute approximate surface area is 212 Å². The molecule has 1 aromatic carbocycles. The van der Waals surface area contributed by atoms with Gasteiger partial charge in [0.2, 0.25) is 10.0 Å². The first kappa shape index (κ1) is 24.2. The second-order valence-electron chi connectivity index (χ2n) is 9.71. The molecule has 0 amide bonds. The van der Waals surface area contributed by atoms with Crippen molar-refractivity contribution in [3.8, 4) is 0 Å². The number of aryl methyl sites for hydroxylation is 2. The number of aromatic nitrogens is 3. The van der Waals surface area contributed by atoms with Crippen molar-refractivity contribution in [3.63, 3.8) is 0 Å². The minimum Gasteiger partial charge on any atom is -0.337 e. The van der Waals surface area contributed by atoms with Gasteiger partial charge in [0.15, 0.2) is 0 Å². The van der Waals surface area contributed by atoms with Crippen LogP contribution in [0.4, 0.5) is 0 Å². The quantitative estimate of drug-likeness (QED) is 0.446.